The maximum absolute atomic E-state index is 11.9. The molecule has 1 saturated heterocycles. The highest BCUT2D eigenvalue weighted by atomic mass is 35.5. The molecule has 1 unspecified atom stereocenters. The van der Waals surface area contributed by atoms with E-state index >= 15 is 0 Å². The minimum atomic E-state index is 0.247. The topological polar surface area (TPSA) is 33.2 Å². The lowest BCUT2D eigenvalue weighted by molar-refractivity contribution is -0.128. The third kappa shape index (κ3) is 2.97. The van der Waals surface area contributed by atoms with Gasteiger partial charge >= 0.3 is 0 Å². The average Bonchev–Trinajstić information content (AvgIpc) is 2.61. The second-order valence-corrected chi connectivity index (χ2v) is 5.36. The van der Waals surface area contributed by atoms with Gasteiger partial charge in [0.15, 0.2) is 0 Å². The fourth-order valence-electron chi connectivity index (χ4n) is 2.16. The van der Waals surface area contributed by atoms with Crippen molar-refractivity contribution in [3.8, 4) is 0 Å². The summed E-state index contributed by atoms with van der Waals surface area (Å²) in [4.78, 5) is 17.7. The molecule has 92 valence electrons. The van der Waals surface area contributed by atoms with Gasteiger partial charge < -0.3 is 4.90 Å². The van der Waals surface area contributed by atoms with Crippen molar-refractivity contribution in [2.24, 2.45) is 11.8 Å². The van der Waals surface area contributed by atoms with Crippen LogP contribution in [0.5, 0.6) is 0 Å². The van der Waals surface area contributed by atoms with E-state index in [9.17, 15) is 4.79 Å². The standard InChI is InChI=1S/C13H17ClN2O/c1-9(2)11-6-13(17)16(8-11)7-10-3-4-15-12(14)5-10/h3-5,9,11H,6-8H2,1-2H3. The van der Waals surface area contributed by atoms with Gasteiger partial charge in [0.25, 0.3) is 0 Å². The summed E-state index contributed by atoms with van der Waals surface area (Å²) in [6.07, 6.45) is 2.36. The lowest BCUT2D eigenvalue weighted by Crippen LogP contribution is -2.25. The van der Waals surface area contributed by atoms with Gasteiger partial charge in [0.2, 0.25) is 5.91 Å². The third-order valence-electron chi connectivity index (χ3n) is 3.35. The first-order valence-electron chi connectivity index (χ1n) is 5.94. The molecule has 2 heterocycles. The summed E-state index contributed by atoms with van der Waals surface area (Å²) >= 11 is 5.83. The van der Waals surface area contributed by atoms with Crippen molar-refractivity contribution in [1.29, 1.82) is 0 Å². The molecule has 1 fully saturated rings. The Morgan fingerprint density at radius 3 is 2.94 bits per heavy atom. The minimum absolute atomic E-state index is 0.247. The molecule has 0 aromatic carbocycles. The zero-order valence-electron chi connectivity index (χ0n) is 10.2. The summed E-state index contributed by atoms with van der Waals surface area (Å²) in [5, 5.41) is 0.481. The number of carbonyl (C=O) groups is 1. The van der Waals surface area contributed by atoms with Crippen LogP contribution in [-0.2, 0) is 11.3 Å². The van der Waals surface area contributed by atoms with Crippen LogP contribution in [0, 0.1) is 11.8 Å². The van der Waals surface area contributed by atoms with Crippen LogP contribution in [0.4, 0.5) is 0 Å². The number of hydrogen-bond donors (Lipinski definition) is 0. The van der Waals surface area contributed by atoms with Crippen LogP contribution in [0.1, 0.15) is 25.8 Å². The molecule has 0 spiro atoms. The fourth-order valence-corrected chi connectivity index (χ4v) is 2.36. The molecule has 3 nitrogen and oxygen atoms in total. The molecular formula is C13H17ClN2O. The van der Waals surface area contributed by atoms with Crippen LogP contribution in [0.25, 0.3) is 0 Å². The first-order valence-corrected chi connectivity index (χ1v) is 6.32. The summed E-state index contributed by atoms with van der Waals surface area (Å²) < 4.78 is 0. The zero-order valence-corrected chi connectivity index (χ0v) is 10.9. The Labute approximate surface area is 107 Å². The zero-order chi connectivity index (χ0) is 12.4. The third-order valence-corrected chi connectivity index (χ3v) is 3.56. The number of halogens is 1. The highest BCUT2D eigenvalue weighted by Crippen LogP contribution is 2.26. The number of likely N-dealkylation sites (tertiary alicyclic amines) is 1. The van der Waals surface area contributed by atoms with E-state index in [0.717, 1.165) is 12.1 Å². The van der Waals surface area contributed by atoms with Gasteiger partial charge in [-0.05, 0) is 29.5 Å². The van der Waals surface area contributed by atoms with Crippen molar-refractivity contribution >= 4 is 17.5 Å². The average molecular weight is 253 g/mol. The molecule has 0 bridgehead atoms. The second-order valence-electron chi connectivity index (χ2n) is 4.97. The van der Waals surface area contributed by atoms with Gasteiger partial charge in [0, 0.05) is 25.7 Å². The molecule has 0 aliphatic carbocycles. The summed E-state index contributed by atoms with van der Waals surface area (Å²) in [5.74, 6) is 1.29. The van der Waals surface area contributed by atoms with Gasteiger partial charge in [-0.15, -0.1) is 0 Å². The van der Waals surface area contributed by atoms with Crippen LogP contribution < -0.4 is 0 Å². The van der Waals surface area contributed by atoms with E-state index in [1.165, 1.54) is 0 Å². The van der Waals surface area contributed by atoms with Crippen LogP contribution in [0.2, 0.25) is 5.15 Å². The highest BCUT2D eigenvalue weighted by Gasteiger charge is 2.31. The maximum Gasteiger partial charge on any atom is 0.223 e. The Morgan fingerprint density at radius 1 is 1.59 bits per heavy atom. The first kappa shape index (κ1) is 12.4. The van der Waals surface area contributed by atoms with Crippen molar-refractivity contribution < 1.29 is 4.79 Å². The van der Waals surface area contributed by atoms with Crippen LogP contribution in [-0.4, -0.2) is 22.3 Å². The molecule has 1 amide bonds. The van der Waals surface area contributed by atoms with Crippen molar-refractivity contribution in [1.82, 2.24) is 9.88 Å². The summed E-state index contributed by atoms with van der Waals surface area (Å²) in [6.45, 7) is 5.84. The number of nitrogens with zero attached hydrogens (tertiary/aromatic N) is 2. The van der Waals surface area contributed by atoms with Crippen molar-refractivity contribution in [2.75, 3.05) is 6.54 Å². The molecule has 0 N–H and O–H groups in total. The van der Waals surface area contributed by atoms with Crippen LogP contribution >= 0.6 is 11.6 Å². The molecule has 0 saturated carbocycles. The van der Waals surface area contributed by atoms with E-state index in [1.807, 2.05) is 17.0 Å². The van der Waals surface area contributed by atoms with Crippen LogP contribution in [0.15, 0.2) is 18.3 Å². The fraction of sp³-hybridized carbons (Fsp3) is 0.538. The van der Waals surface area contributed by atoms with Gasteiger partial charge in [-0.2, -0.15) is 0 Å². The number of rotatable bonds is 3. The van der Waals surface area contributed by atoms with Crippen molar-refractivity contribution in [3.63, 3.8) is 0 Å². The molecule has 1 aliphatic rings. The SMILES string of the molecule is CC(C)C1CC(=O)N(Cc2ccnc(Cl)c2)C1. The van der Waals surface area contributed by atoms with E-state index < -0.39 is 0 Å². The summed E-state index contributed by atoms with van der Waals surface area (Å²) in [7, 11) is 0. The number of pyridine rings is 1. The van der Waals surface area contributed by atoms with Crippen molar-refractivity contribution in [2.45, 2.75) is 26.8 Å². The predicted octanol–water partition coefficient (Wildman–Crippen LogP) is 2.74. The molecule has 17 heavy (non-hydrogen) atoms. The van der Waals surface area contributed by atoms with Crippen LogP contribution in [0.3, 0.4) is 0 Å². The first-order chi connectivity index (χ1) is 8.06. The van der Waals surface area contributed by atoms with Gasteiger partial charge in [-0.3, -0.25) is 4.79 Å². The maximum atomic E-state index is 11.9. The van der Waals surface area contributed by atoms with E-state index in [4.69, 9.17) is 11.6 Å². The monoisotopic (exact) mass is 252 g/mol. The van der Waals surface area contributed by atoms with Crippen molar-refractivity contribution in [3.05, 3.63) is 29.0 Å². The molecule has 0 radical (unpaired) electrons. The number of carbonyl (C=O) groups excluding carboxylic acids is 1. The number of aromatic nitrogens is 1. The van der Waals surface area contributed by atoms with E-state index in [0.29, 0.717) is 30.0 Å². The van der Waals surface area contributed by atoms with E-state index in [1.54, 1.807) is 6.20 Å². The van der Waals surface area contributed by atoms with E-state index in [2.05, 4.69) is 18.8 Å². The Hall–Kier alpha value is -1.09. The summed E-state index contributed by atoms with van der Waals surface area (Å²) in [5.41, 5.74) is 1.04. The molecular weight excluding hydrogens is 236 g/mol. The smallest absolute Gasteiger partial charge is 0.223 e. The largest absolute Gasteiger partial charge is 0.338 e. The van der Waals surface area contributed by atoms with Gasteiger partial charge in [-0.1, -0.05) is 25.4 Å². The van der Waals surface area contributed by atoms with E-state index in [-0.39, 0.29) is 5.91 Å². The van der Waals surface area contributed by atoms with Gasteiger partial charge in [-0.25, -0.2) is 4.98 Å². The number of amides is 1. The highest BCUT2D eigenvalue weighted by molar-refractivity contribution is 6.29. The Balaban J connectivity index is 2.03. The molecule has 2 rings (SSSR count). The second kappa shape index (κ2) is 5.05. The lowest BCUT2D eigenvalue weighted by Gasteiger charge is -2.18. The Morgan fingerprint density at radius 2 is 2.35 bits per heavy atom. The Bertz CT molecular complexity index is 420. The molecule has 4 heteroatoms. The molecule has 1 aromatic heterocycles. The van der Waals surface area contributed by atoms with Gasteiger partial charge in [0.1, 0.15) is 5.15 Å². The van der Waals surface area contributed by atoms with Gasteiger partial charge in [0.05, 0.1) is 0 Å². The quantitative estimate of drug-likeness (QED) is 0.775. The normalized spacial score (nSPS) is 20.4. The predicted molar refractivity (Wildman–Crippen MR) is 67.6 cm³/mol. The molecule has 1 aromatic rings. The minimum Gasteiger partial charge on any atom is -0.338 e. The lowest BCUT2D eigenvalue weighted by atomic mass is 9.95. The molecule has 1 aliphatic heterocycles. The number of hydrogen-bond acceptors (Lipinski definition) is 2. The Kier molecular flexibility index (Phi) is 3.67. The summed E-state index contributed by atoms with van der Waals surface area (Å²) in [6, 6.07) is 3.72. The molecule has 1 atom stereocenters.